The van der Waals surface area contributed by atoms with E-state index in [1.165, 1.54) is 0 Å². The molecule has 1 amide bonds. The molecule has 0 saturated carbocycles. The number of likely N-dealkylation sites (N-methyl/N-ethyl adjacent to an activating group) is 1. The number of hydrogen-bond acceptors (Lipinski definition) is 3. The number of amides is 1. The number of carbonyl (C=O) groups excluding carboxylic acids is 1. The van der Waals surface area contributed by atoms with Gasteiger partial charge in [0.2, 0.25) is 5.91 Å². The molecule has 0 saturated heterocycles. The van der Waals surface area contributed by atoms with Crippen molar-refractivity contribution in [2.45, 2.75) is 27.7 Å². The summed E-state index contributed by atoms with van der Waals surface area (Å²) in [6.45, 7) is 13.1. The van der Waals surface area contributed by atoms with Crippen LogP contribution in [0.2, 0.25) is 0 Å². The lowest BCUT2D eigenvalue weighted by molar-refractivity contribution is -0.128. The molecule has 0 atom stereocenters. The molecule has 4 heteroatoms. The van der Waals surface area contributed by atoms with E-state index in [4.69, 9.17) is 0 Å². The van der Waals surface area contributed by atoms with Gasteiger partial charge in [-0.3, -0.25) is 4.79 Å². The summed E-state index contributed by atoms with van der Waals surface area (Å²) in [4.78, 5) is 13.9. The number of nitrogens with one attached hydrogen (secondary N) is 2. The average molecular weight is 229 g/mol. The Kier molecular flexibility index (Phi) is 7.34. The normalized spacial score (nSPS) is 11.9. The Bertz CT molecular complexity index is 200. The predicted molar refractivity (Wildman–Crippen MR) is 68.5 cm³/mol. The Labute approximate surface area is 99.8 Å². The summed E-state index contributed by atoms with van der Waals surface area (Å²) in [6.07, 6.45) is 0. The van der Waals surface area contributed by atoms with Crippen molar-refractivity contribution in [2.24, 2.45) is 5.41 Å². The third-order valence-corrected chi connectivity index (χ3v) is 2.91. The maximum Gasteiger partial charge on any atom is 0.226 e. The molecule has 0 rings (SSSR count). The molecule has 0 aromatic carbocycles. The first kappa shape index (κ1) is 15.4. The van der Waals surface area contributed by atoms with E-state index in [1.54, 1.807) is 7.05 Å². The van der Waals surface area contributed by atoms with E-state index in [9.17, 15) is 4.79 Å². The van der Waals surface area contributed by atoms with Gasteiger partial charge in [0.1, 0.15) is 0 Å². The SMILES string of the molecule is CCN(CC)CCNCC(C)(C)C(=O)NC. The highest BCUT2D eigenvalue weighted by Crippen LogP contribution is 2.12. The van der Waals surface area contributed by atoms with Crippen molar-refractivity contribution >= 4 is 5.91 Å². The van der Waals surface area contributed by atoms with Crippen molar-refractivity contribution in [1.29, 1.82) is 0 Å². The topological polar surface area (TPSA) is 44.4 Å². The van der Waals surface area contributed by atoms with Crippen LogP contribution in [0.1, 0.15) is 27.7 Å². The molecule has 0 aliphatic heterocycles. The number of nitrogens with zero attached hydrogens (tertiary/aromatic N) is 1. The summed E-state index contributed by atoms with van der Waals surface area (Å²) in [5.74, 6) is 0.0860. The molecule has 0 fully saturated rings. The van der Waals surface area contributed by atoms with Gasteiger partial charge in [0, 0.05) is 26.7 Å². The first-order valence-electron chi connectivity index (χ1n) is 6.13. The molecule has 16 heavy (non-hydrogen) atoms. The summed E-state index contributed by atoms with van der Waals surface area (Å²) in [5.41, 5.74) is -0.335. The molecule has 0 unspecified atom stereocenters. The zero-order chi connectivity index (χ0) is 12.6. The van der Waals surface area contributed by atoms with Crippen molar-refractivity contribution in [1.82, 2.24) is 15.5 Å². The third-order valence-electron chi connectivity index (χ3n) is 2.91. The van der Waals surface area contributed by atoms with Crippen LogP contribution in [-0.4, -0.2) is 50.6 Å². The quantitative estimate of drug-likeness (QED) is 0.602. The van der Waals surface area contributed by atoms with Crippen LogP contribution in [0.3, 0.4) is 0 Å². The maximum absolute atomic E-state index is 11.5. The van der Waals surface area contributed by atoms with Gasteiger partial charge >= 0.3 is 0 Å². The predicted octanol–water partition coefficient (Wildman–Crippen LogP) is 0.690. The maximum atomic E-state index is 11.5. The van der Waals surface area contributed by atoms with E-state index in [2.05, 4.69) is 29.4 Å². The number of carbonyl (C=O) groups is 1. The fraction of sp³-hybridized carbons (Fsp3) is 0.917. The monoisotopic (exact) mass is 229 g/mol. The van der Waals surface area contributed by atoms with Crippen LogP contribution in [0.25, 0.3) is 0 Å². The zero-order valence-corrected chi connectivity index (χ0v) is 11.4. The van der Waals surface area contributed by atoms with E-state index >= 15 is 0 Å². The van der Waals surface area contributed by atoms with Crippen molar-refractivity contribution in [3.63, 3.8) is 0 Å². The summed E-state index contributed by atoms with van der Waals surface area (Å²) in [7, 11) is 1.68. The smallest absolute Gasteiger partial charge is 0.226 e. The van der Waals surface area contributed by atoms with Crippen molar-refractivity contribution in [3.05, 3.63) is 0 Å². The van der Waals surface area contributed by atoms with Crippen LogP contribution in [0.4, 0.5) is 0 Å². The summed E-state index contributed by atoms with van der Waals surface area (Å²) >= 11 is 0. The molecule has 4 nitrogen and oxygen atoms in total. The lowest BCUT2D eigenvalue weighted by Crippen LogP contribution is -2.43. The first-order chi connectivity index (χ1) is 7.47. The van der Waals surface area contributed by atoms with Crippen molar-refractivity contribution < 1.29 is 4.79 Å². The third kappa shape index (κ3) is 5.47. The molecular formula is C12H27N3O. The van der Waals surface area contributed by atoms with E-state index in [0.717, 1.165) is 26.2 Å². The van der Waals surface area contributed by atoms with E-state index in [0.29, 0.717) is 6.54 Å². The standard InChI is InChI=1S/C12H27N3O/c1-6-15(7-2)9-8-14-10-12(3,4)11(16)13-5/h14H,6-10H2,1-5H3,(H,13,16). The lowest BCUT2D eigenvalue weighted by atomic mass is 9.92. The molecule has 0 aromatic rings. The van der Waals surface area contributed by atoms with Crippen LogP contribution in [0.15, 0.2) is 0 Å². The van der Waals surface area contributed by atoms with Crippen LogP contribution >= 0.6 is 0 Å². The summed E-state index contributed by atoms with van der Waals surface area (Å²) in [5, 5.41) is 6.03. The zero-order valence-electron chi connectivity index (χ0n) is 11.4. The summed E-state index contributed by atoms with van der Waals surface area (Å²) in [6, 6.07) is 0. The van der Waals surface area contributed by atoms with Gasteiger partial charge in [-0.25, -0.2) is 0 Å². The molecular weight excluding hydrogens is 202 g/mol. The lowest BCUT2D eigenvalue weighted by Gasteiger charge is -2.24. The van der Waals surface area contributed by atoms with Crippen LogP contribution in [0, 0.1) is 5.41 Å². The van der Waals surface area contributed by atoms with E-state index < -0.39 is 0 Å². The highest BCUT2D eigenvalue weighted by atomic mass is 16.2. The average Bonchev–Trinajstić information content (AvgIpc) is 2.28. The molecule has 2 N–H and O–H groups in total. The fourth-order valence-electron chi connectivity index (χ4n) is 1.60. The van der Waals surface area contributed by atoms with E-state index in [-0.39, 0.29) is 11.3 Å². The van der Waals surface area contributed by atoms with Gasteiger partial charge in [0.25, 0.3) is 0 Å². The Balaban J connectivity index is 3.77. The highest BCUT2D eigenvalue weighted by molar-refractivity contribution is 5.81. The highest BCUT2D eigenvalue weighted by Gasteiger charge is 2.25. The van der Waals surface area contributed by atoms with Gasteiger partial charge in [0.05, 0.1) is 5.41 Å². The van der Waals surface area contributed by atoms with Gasteiger partial charge in [-0.2, -0.15) is 0 Å². The first-order valence-corrected chi connectivity index (χ1v) is 6.13. The number of rotatable bonds is 8. The second-order valence-corrected chi connectivity index (χ2v) is 4.67. The van der Waals surface area contributed by atoms with Gasteiger partial charge < -0.3 is 15.5 Å². The Morgan fingerprint density at radius 1 is 1.25 bits per heavy atom. The minimum absolute atomic E-state index is 0.0860. The second kappa shape index (κ2) is 7.63. The van der Waals surface area contributed by atoms with Crippen LogP contribution in [0.5, 0.6) is 0 Å². The largest absolute Gasteiger partial charge is 0.359 e. The molecule has 0 spiro atoms. The van der Waals surface area contributed by atoms with Crippen LogP contribution in [-0.2, 0) is 4.79 Å². The van der Waals surface area contributed by atoms with Crippen LogP contribution < -0.4 is 10.6 Å². The van der Waals surface area contributed by atoms with Gasteiger partial charge in [-0.1, -0.05) is 13.8 Å². The second-order valence-electron chi connectivity index (χ2n) is 4.67. The summed E-state index contributed by atoms with van der Waals surface area (Å²) < 4.78 is 0. The van der Waals surface area contributed by atoms with Gasteiger partial charge in [0.15, 0.2) is 0 Å². The number of hydrogen-bond donors (Lipinski definition) is 2. The molecule has 0 heterocycles. The Hall–Kier alpha value is -0.610. The molecule has 96 valence electrons. The van der Waals surface area contributed by atoms with Crippen molar-refractivity contribution in [3.8, 4) is 0 Å². The molecule has 0 aliphatic rings. The van der Waals surface area contributed by atoms with Gasteiger partial charge in [-0.05, 0) is 26.9 Å². The fourth-order valence-corrected chi connectivity index (χ4v) is 1.60. The molecule has 0 aliphatic carbocycles. The van der Waals surface area contributed by atoms with Crippen molar-refractivity contribution in [2.75, 3.05) is 39.8 Å². The Morgan fingerprint density at radius 3 is 2.25 bits per heavy atom. The Morgan fingerprint density at radius 2 is 1.81 bits per heavy atom. The molecule has 0 aromatic heterocycles. The minimum atomic E-state index is -0.335. The van der Waals surface area contributed by atoms with E-state index in [1.807, 2.05) is 13.8 Å². The molecule has 0 bridgehead atoms. The minimum Gasteiger partial charge on any atom is -0.359 e. The van der Waals surface area contributed by atoms with Gasteiger partial charge in [-0.15, -0.1) is 0 Å². The molecule has 0 radical (unpaired) electrons.